The van der Waals surface area contributed by atoms with E-state index in [1.54, 1.807) is 30.3 Å². The fourth-order valence-corrected chi connectivity index (χ4v) is 1.67. The zero-order chi connectivity index (χ0) is 15.2. The van der Waals surface area contributed by atoms with Crippen LogP contribution in [0.5, 0.6) is 0 Å². The molecule has 0 saturated heterocycles. The zero-order valence-electron chi connectivity index (χ0n) is 11.1. The minimum absolute atomic E-state index is 0.209. The minimum Gasteiger partial charge on any atom is -0.399 e. The highest BCUT2D eigenvalue weighted by molar-refractivity contribution is 5.99. The Balaban J connectivity index is 1.86. The van der Waals surface area contributed by atoms with Crippen LogP contribution in [-0.4, -0.2) is 18.4 Å². The molecule has 4 N–H and O–H groups in total. The third-order valence-corrected chi connectivity index (χ3v) is 2.69. The number of carbonyl (C=O) groups excluding carboxylic acids is 2. The second-order valence-electron chi connectivity index (χ2n) is 4.36. The average molecular weight is 287 g/mol. The summed E-state index contributed by atoms with van der Waals surface area (Å²) in [7, 11) is 0. The van der Waals surface area contributed by atoms with E-state index in [0.29, 0.717) is 16.9 Å². The number of rotatable bonds is 4. The van der Waals surface area contributed by atoms with E-state index < -0.39 is 11.7 Å². The van der Waals surface area contributed by atoms with Gasteiger partial charge < -0.3 is 16.4 Å². The van der Waals surface area contributed by atoms with Crippen molar-refractivity contribution in [3.63, 3.8) is 0 Å². The van der Waals surface area contributed by atoms with Gasteiger partial charge in [-0.05, 0) is 42.5 Å². The third kappa shape index (κ3) is 4.31. The number of halogens is 1. The predicted molar refractivity (Wildman–Crippen MR) is 78.2 cm³/mol. The Kier molecular flexibility index (Phi) is 4.50. The molecule has 0 aliphatic heterocycles. The van der Waals surface area contributed by atoms with Gasteiger partial charge in [-0.15, -0.1) is 0 Å². The van der Waals surface area contributed by atoms with Gasteiger partial charge in [0.05, 0.1) is 6.54 Å². The van der Waals surface area contributed by atoms with Gasteiger partial charge in [0.25, 0.3) is 5.91 Å². The monoisotopic (exact) mass is 287 g/mol. The van der Waals surface area contributed by atoms with E-state index in [9.17, 15) is 14.0 Å². The van der Waals surface area contributed by atoms with Crippen molar-refractivity contribution in [3.05, 3.63) is 59.9 Å². The smallest absolute Gasteiger partial charge is 0.251 e. The van der Waals surface area contributed by atoms with Gasteiger partial charge in [-0.2, -0.15) is 0 Å². The highest BCUT2D eigenvalue weighted by Gasteiger charge is 2.08. The molecule has 0 atom stereocenters. The number of anilines is 2. The van der Waals surface area contributed by atoms with Crippen LogP contribution >= 0.6 is 0 Å². The first-order valence-electron chi connectivity index (χ1n) is 6.24. The zero-order valence-corrected chi connectivity index (χ0v) is 11.1. The Morgan fingerprint density at radius 3 is 2.48 bits per heavy atom. The lowest BCUT2D eigenvalue weighted by Crippen LogP contribution is -2.32. The van der Waals surface area contributed by atoms with E-state index in [1.165, 1.54) is 18.2 Å². The minimum atomic E-state index is -0.446. The fourth-order valence-electron chi connectivity index (χ4n) is 1.67. The van der Waals surface area contributed by atoms with E-state index >= 15 is 0 Å². The number of hydrogen-bond donors (Lipinski definition) is 3. The van der Waals surface area contributed by atoms with Gasteiger partial charge in [0.1, 0.15) is 5.82 Å². The molecular formula is C15H14FN3O2. The summed E-state index contributed by atoms with van der Waals surface area (Å²) in [6, 6.07) is 11.8. The number of benzene rings is 2. The summed E-state index contributed by atoms with van der Waals surface area (Å²) in [6.07, 6.45) is 0. The molecule has 0 fully saturated rings. The topological polar surface area (TPSA) is 84.2 Å². The van der Waals surface area contributed by atoms with Gasteiger partial charge in [-0.25, -0.2) is 4.39 Å². The maximum Gasteiger partial charge on any atom is 0.251 e. The van der Waals surface area contributed by atoms with Gasteiger partial charge in [0.15, 0.2) is 0 Å². The second-order valence-corrected chi connectivity index (χ2v) is 4.36. The molecule has 0 bridgehead atoms. The Morgan fingerprint density at radius 1 is 1.10 bits per heavy atom. The maximum atomic E-state index is 13.0. The van der Waals surface area contributed by atoms with Crippen molar-refractivity contribution in [1.82, 2.24) is 5.32 Å². The van der Waals surface area contributed by atoms with Crippen molar-refractivity contribution in [2.24, 2.45) is 0 Å². The highest BCUT2D eigenvalue weighted by atomic mass is 19.1. The molecule has 6 heteroatoms. The maximum absolute atomic E-state index is 13.0. The van der Waals surface area contributed by atoms with E-state index in [-0.39, 0.29) is 12.5 Å². The summed E-state index contributed by atoms with van der Waals surface area (Å²) in [4.78, 5) is 23.4. The van der Waals surface area contributed by atoms with Crippen molar-refractivity contribution in [2.45, 2.75) is 0 Å². The van der Waals surface area contributed by atoms with Gasteiger partial charge in [-0.3, -0.25) is 9.59 Å². The summed E-state index contributed by atoms with van der Waals surface area (Å²) in [5.74, 6) is -1.27. The van der Waals surface area contributed by atoms with Crippen LogP contribution in [0.15, 0.2) is 48.5 Å². The average Bonchev–Trinajstić information content (AvgIpc) is 2.45. The summed E-state index contributed by atoms with van der Waals surface area (Å²) >= 11 is 0. The standard InChI is InChI=1S/C15H14FN3O2/c16-11-2-1-3-13(8-11)19-14(20)9-18-15(21)10-4-6-12(17)7-5-10/h1-8H,9,17H2,(H,18,21)(H,19,20). The molecule has 0 heterocycles. The molecule has 0 unspecified atom stereocenters. The van der Waals surface area contributed by atoms with Gasteiger partial charge in [0, 0.05) is 16.9 Å². The summed E-state index contributed by atoms with van der Waals surface area (Å²) in [5, 5.41) is 4.95. The van der Waals surface area contributed by atoms with Crippen molar-refractivity contribution >= 4 is 23.2 Å². The molecule has 5 nitrogen and oxygen atoms in total. The molecule has 0 saturated carbocycles. The first-order chi connectivity index (χ1) is 10.0. The van der Waals surface area contributed by atoms with Gasteiger partial charge >= 0.3 is 0 Å². The third-order valence-electron chi connectivity index (χ3n) is 2.69. The summed E-state index contributed by atoms with van der Waals surface area (Å²) in [5.41, 5.74) is 6.81. The fraction of sp³-hybridized carbons (Fsp3) is 0.0667. The van der Waals surface area contributed by atoms with Crippen LogP contribution in [-0.2, 0) is 4.79 Å². The first-order valence-corrected chi connectivity index (χ1v) is 6.24. The Morgan fingerprint density at radius 2 is 1.81 bits per heavy atom. The van der Waals surface area contributed by atoms with Crippen molar-refractivity contribution in [3.8, 4) is 0 Å². The number of nitrogen functional groups attached to an aromatic ring is 1. The van der Waals surface area contributed by atoms with Crippen LogP contribution < -0.4 is 16.4 Å². The van der Waals surface area contributed by atoms with Crippen molar-refractivity contribution in [2.75, 3.05) is 17.6 Å². The van der Waals surface area contributed by atoms with Gasteiger partial charge in [0.2, 0.25) is 5.91 Å². The number of nitrogens with two attached hydrogens (primary N) is 1. The first kappa shape index (κ1) is 14.5. The van der Waals surface area contributed by atoms with Gasteiger partial charge in [-0.1, -0.05) is 6.07 Å². The Labute approximate surface area is 121 Å². The predicted octanol–water partition coefficient (Wildman–Crippen LogP) is 1.78. The molecular weight excluding hydrogens is 273 g/mol. The quantitative estimate of drug-likeness (QED) is 0.749. The van der Waals surface area contributed by atoms with E-state index in [0.717, 1.165) is 0 Å². The highest BCUT2D eigenvalue weighted by Crippen LogP contribution is 2.08. The van der Waals surface area contributed by atoms with Crippen molar-refractivity contribution in [1.29, 1.82) is 0 Å². The molecule has 0 aromatic heterocycles. The Hall–Kier alpha value is -2.89. The van der Waals surface area contributed by atoms with Crippen LogP contribution in [0, 0.1) is 5.82 Å². The molecule has 0 radical (unpaired) electrons. The number of nitrogens with one attached hydrogen (secondary N) is 2. The molecule has 2 rings (SSSR count). The molecule has 2 amide bonds. The van der Waals surface area contributed by atoms with Crippen molar-refractivity contribution < 1.29 is 14.0 Å². The summed E-state index contributed by atoms with van der Waals surface area (Å²) < 4.78 is 13.0. The molecule has 21 heavy (non-hydrogen) atoms. The van der Waals surface area contributed by atoms with Crippen LogP contribution in [0.3, 0.4) is 0 Å². The SMILES string of the molecule is Nc1ccc(C(=O)NCC(=O)Nc2cccc(F)c2)cc1. The van der Waals surface area contributed by atoms with Crippen LogP contribution in [0.25, 0.3) is 0 Å². The van der Waals surface area contributed by atoms with E-state index in [2.05, 4.69) is 10.6 Å². The van der Waals surface area contributed by atoms with E-state index in [4.69, 9.17) is 5.73 Å². The molecule has 0 aliphatic carbocycles. The van der Waals surface area contributed by atoms with Crippen LogP contribution in [0.4, 0.5) is 15.8 Å². The lowest BCUT2D eigenvalue weighted by Gasteiger charge is -2.07. The molecule has 0 aliphatic rings. The molecule has 108 valence electrons. The number of carbonyl (C=O) groups is 2. The van der Waals surface area contributed by atoms with Crippen LogP contribution in [0.1, 0.15) is 10.4 Å². The summed E-state index contributed by atoms with van der Waals surface area (Å²) in [6.45, 7) is -0.209. The molecule has 0 spiro atoms. The normalized spacial score (nSPS) is 9.95. The lowest BCUT2D eigenvalue weighted by atomic mass is 10.2. The van der Waals surface area contributed by atoms with E-state index in [1.807, 2.05) is 0 Å². The lowest BCUT2D eigenvalue weighted by molar-refractivity contribution is -0.115. The molecule has 2 aromatic rings. The second kappa shape index (κ2) is 6.51. The Bertz CT molecular complexity index is 656. The van der Waals surface area contributed by atoms with Crippen LogP contribution in [0.2, 0.25) is 0 Å². The largest absolute Gasteiger partial charge is 0.399 e. The molecule has 2 aromatic carbocycles. The number of amides is 2. The number of hydrogen-bond acceptors (Lipinski definition) is 3.